The Bertz CT molecular complexity index is 357. The molecule has 2 heterocycles. The van der Waals surface area contributed by atoms with Crippen LogP contribution in [0.4, 0.5) is 0 Å². The van der Waals surface area contributed by atoms with Gasteiger partial charge >= 0.3 is 5.97 Å². The SMILES string of the molecule is CCC(=CCNCC1CN2CCCC2CO1)C(=O)OC. The first-order valence-corrected chi connectivity index (χ1v) is 7.58. The van der Waals surface area contributed by atoms with Crippen molar-refractivity contribution in [3.63, 3.8) is 0 Å². The normalized spacial score (nSPS) is 27.4. The van der Waals surface area contributed by atoms with Crippen LogP contribution in [0.2, 0.25) is 0 Å². The van der Waals surface area contributed by atoms with Crippen LogP contribution in [-0.2, 0) is 14.3 Å². The third kappa shape index (κ3) is 4.04. The summed E-state index contributed by atoms with van der Waals surface area (Å²) in [7, 11) is 1.42. The molecule has 2 rings (SSSR count). The molecule has 0 aromatic heterocycles. The molecule has 5 nitrogen and oxygen atoms in total. The quantitative estimate of drug-likeness (QED) is 0.446. The fourth-order valence-electron chi connectivity index (χ4n) is 2.95. The van der Waals surface area contributed by atoms with Crippen molar-refractivity contribution in [2.24, 2.45) is 0 Å². The second-order valence-corrected chi connectivity index (χ2v) is 5.48. The summed E-state index contributed by atoms with van der Waals surface area (Å²) < 4.78 is 10.6. The Morgan fingerprint density at radius 2 is 2.40 bits per heavy atom. The van der Waals surface area contributed by atoms with E-state index in [2.05, 4.69) is 10.2 Å². The number of hydrogen-bond acceptors (Lipinski definition) is 5. The first kappa shape index (κ1) is 15.5. The van der Waals surface area contributed by atoms with Crippen molar-refractivity contribution < 1.29 is 14.3 Å². The highest BCUT2D eigenvalue weighted by molar-refractivity contribution is 5.88. The van der Waals surface area contributed by atoms with Gasteiger partial charge in [-0.05, 0) is 25.8 Å². The number of fused-ring (bicyclic) bond motifs is 1. The van der Waals surface area contributed by atoms with Gasteiger partial charge in [0.15, 0.2) is 0 Å². The molecule has 2 unspecified atom stereocenters. The number of morpholine rings is 1. The molecule has 0 saturated carbocycles. The van der Waals surface area contributed by atoms with Gasteiger partial charge in [-0.1, -0.05) is 13.0 Å². The van der Waals surface area contributed by atoms with Gasteiger partial charge in [0.05, 0.1) is 19.8 Å². The summed E-state index contributed by atoms with van der Waals surface area (Å²) >= 11 is 0. The fourth-order valence-corrected chi connectivity index (χ4v) is 2.95. The topological polar surface area (TPSA) is 50.8 Å². The van der Waals surface area contributed by atoms with Crippen molar-refractivity contribution >= 4 is 5.97 Å². The standard InChI is InChI=1S/C15H26N2O3/c1-3-12(15(18)19-2)6-7-16-9-14-10-17-8-4-5-13(17)11-20-14/h6,13-14,16H,3-5,7-11H2,1-2H3. The molecule has 0 spiro atoms. The Balaban J connectivity index is 1.68. The average Bonchev–Trinajstić information content (AvgIpc) is 2.94. The van der Waals surface area contributed by atoms with Crippen LogP contribution in [0.15, 0.2) is 11.6 Å². The average molecular weight is 282 g/mol. The van der Waals surface area contributed by atoms with E-state index >= 15 is 0 Å². The lowest BCUT2D eigenvalue weighted by atomic mass is 10.2. The molecule has 114 valence electrons. The van der Waals surface area contributed by atoms with Gasteiger partial charge in [0.1, 0.15) is 0 Å². The maximum Gasteiger partial charge on any atom is 0.333 e. The van der Waals surface area contributed by atoms with Gasteiger partial charge in [0.25, 0.3) is 0 Å². The smallest absolute Gasteiger partial charge is 0.333 e. The molecular formula is C15H26N2O3. The fraction of sp³-hybridized carbons (Fsp3) is 0.800. The van der Waals surface area contributed by atoms with E-state index in [0.717, 1.165) is 25.3 Å². The van der Waals surface area contributed by atoms with E-state index in [4.69, 9.17) is 9.47 Å². The molecule has 0 aromatic carbocycles. The van der Waals surface area contributed by atoms with Gasteiger partial charge in [0, 0.05) is 31.2 Å². The zero-order valence-electron chi connectivity index (χ0n) is 12.6. The van der Waals surface area contributed by atoms with Crippen LogP contribution in [0.5, 0.6) is 0 Å². The minimum atomic E-state index is -0.233. The van der Waals surface area contributed by atoms with Crippen LogP contribution in [0.1, 0.15) is 26.2 Å². The van der Waals surface area contributed by atoms with Gasteiger partial charge in [-0.2, -0.15) is 0 Å². The molecule has 2 aliphatic heterocycles. The van der Waals surface area contributed by atoms with Crippen LogP contribution in [0.25, 0.3) is 0 Å². The van der Waals surface area contributed by atoms with Gasteiger partial charge < -0.3 is 14.8 Å². The summed E-state index contributed by atoms with van der Waals surface area (Å²) in [6.45, 7) is 6.58. The van der Waals surface area contributed by atoms with Crippen LogP contribution in [0, 0.1) is 0 Å². The highest BCUT2D eigenvalue weighted by atomic mass is 16.5. The van der Waals surface area contributed by atoms with E-state index in [0.29, 0.717) is 19.0 Å². The van der Waals surface area contributed by atoms with Crippen LogP contribution >= 0.6 is 0 Å². The molecule has 5 heteroatoms. The molecule has 2 aliphatic rings. The number of carbonyl (C=O) groups excluding carboxylic acids is 1. The molecule has 20 heavy (non-hydrogen) atoms. The maximum absolute atomic E-state index is 11.4. The molecule has 1 N–H and O–H groups in total. The molecule has 2 atom stereocenters. The molecular weight excluding hydrogens is 256 g/mol. The molecule has 0 aromatic rings. The van der Waals surface area contributed by atoms with Gasteiger partial charge in [-0.25, -0.2) is 4.79 Å². The second-order valence-electron chi connectivity index (χ2n) is 5.48. The van der Waals surface area contributed by atoms with E-state index in [9.17, 15) is 4.79 Å². The first-order chi connectivity index (χ1) is 9.74. The Kier molecular flexibility index (Phi) is 6.01. The third-order valence-electron chi connectivity index (χ3n) is 4.15. The first-order valence-electron chi connectivity index (χ1n) is 7.58. The van der Waals surface area contributed by atoms with Crippen LogP contribution in [-0.4, -0.2) is 62.9 Å². The van der Waals surface area contributed by atoms with Gasteiger partial charge in [0.2, 0.25) is 0 Å². The Morgan fingerprint density at radius 1 is 1.55 bits per heavy atom. The largest absolute Gasteiger partial charge is 0.466 e. The van der Waals surface area contributed by atoms with Crippen molar-refractivity contribution in [3.8, 4) is 0 Å². The third-order valence-corrected chi connectivity index (χ3v) is 4.15. The molecule has 0 aliphatic carbocycles. The molecule has 0 radical (unpaired) electrons. The highest BCUT2D eigenvalue weighted by Gasteiger charge is 2.31. The summed E-state index contributed by atoms with van der Waals surface area (Å²) in [6, 6.07) is 0.650. The highest BCUT2D eigenvalue weighted by Crippen LogP contribution is 2.22. The Hall–Kier alpha value is -0.910. The number of esters is 1. The Labute approximate surface area is 121 Å². The summed E-state index contributed by atoms with van der Waals surface area (Å²) in [6.07, 6.45) is 5.45. The van der Waals surface area contributed by atoms with Crippen molar-refractivity contribution in [1.29, 1.82) is 0 Å². The van der Waals surface area contributed by atoms with Crippen molar-refractivity contribution in [1.82, 2.24) is 10.2 Å². The minimum Gasteiger partial charge on any atom is -0.466 e. The predicted molar refractivity (Wildman–Crippen MR) is 77.6 cm³/mol. The Morgan fingerprint density at radius 3 is 3.15 bits per heavy atom. The lowest BCUT2D eigenvalue weighted by Gasteiger charge is -2.35. The molecule has 2 fully saturated rings. The van der Waals surface area contributed by atoms with E-state index in [1.54, 1.807) is 0 Å². The van der Waals surface area contributed by atoms with Crippen molar-refractivity contribution in [2.45, 2.75) is 38.3 Å². The zero-order chi connectivity index (χ0) is 14.4. The minimum absolute atomic E-state index is 0.233. The van der Waals surface area contributed by atoms with E-state index in [1.807, 2.05) is 13.0 Å². The van der Waals surface area contributed by atoms with Crippen LogP contribution < -0.4 is 5.32 Å². The van der Waals surface area contributed by atoms with Gasteiger partial charge in [-0.15, -0.1) is 0 Å². The number of methoxy groups -OCH3 is 1. The molecule has 0 amide bonds. The van der Waals surface area contributed by atoms with Crippen molar-refractivity contribution in [2.75, 3.05) is 39.9 Å². The number of nitrogens with one attached hydrogen (secondary N) is 1. The number of rotatable bonds is 6. The zero-order valence-corrected chi connectivity index (χ0v) is 12.6. The lowest BCUT2D eigenvalue weighted by molar-refractivity contribution is -0.136. The monoisotopic (exact) mass is 282 g/mol. The summed E-state index contributed by atoms with van der Waals surface area (Å²) in [5.41, 5.74) is 0.726. The maximum atomic E-state index is 11.4. The molecule has 2 saturated heterocycles. The van der Waals surface area contributed by atoms with E-state index in [-0.39, 0.29) is 12.1 Å². The number of hydrogen-bond donors (Lipinski definition) is 1. The lowest BCUT2D eigenvalue weighted by Crippen LogP contribution is -2.49. The van der Waals surface area contributed by atoms with Crippen molar-refractivity contribution in [3.05, 3.63) is 11.6 Å². The van der Waals surface area contributed by atoms with E-state index in [1.165, 1.54) is 26.5 Å². The summed E-state index contributed by atoms with van der Waals surface area (Å²) in [5, 5.41) is 3.34. The number of ether oxygens (including phenoxy) is 2. The number of carbonyl (C=O) groups is 1. The van der Waals surface area contributed by atoms with Gasteiger partial charge in [-0.3, -0.25) is 4.90 Å². The van der Waals surface area contributed by atoms with Crippen LogP contribution in [0.3, 0.4) is 0 Å². The predicted octanol–water partition coefficient (Wildman–Crippen LogP) is 0.949. The summed E-state index contributed by atoms with van der Waals surface area (Å²) in [4.78, 5) is 14.0. The summed E-state index contributed by atoms with van der Waals surface area (Å²) in [5.74, 6) is -0.233. The number of nitrogens with zero attached hydrogens (tertiary/aromatic N) is 1. The van der Waals surface area contributed by atoms with E-state index < -0.39 is 0 Å². The molecule has 0 bridgehead atoms. The second kappa shape index (κ2) is 7.76.